The van der Waals surface area contributed by atoms with Crippen LogP contribution in [0.15, 0.2) is 42.5 Å². The lowest BCUT2D eigenvalue weighted by Crippen LogP contribution is -2.49. The Morgan fingerprint density at radius 1 is 1.03 bits per heavy atom. The molecule has 0 fully saturated rings. The van der Waals surface area contributed by atoms with Gasteiger partial charge >= 0.3 is 0 Å². The van der Waals surface area contributed by atoms with Crippen LogP contribution in [-0.4, -0.2) is 29.3 Å². The zero-order valence-corrected chi connectivity index (χ0v) is 21.9. The molecule has 2 rings (SSSR count). The second-order valence-electron chi connectivity index (χ2n) is 9.42. The van der Waals surface area contributed by atoms with E-state index < -0.39 is 6.04 Å². The van der Waals surface area contributed by atoms with Gasteiger partial charge in [-0.1, -0.05) is 88.2 Å². The van der Waals surface area contributed by atoms with Crippen LogP contribution < -0.4 is 5.32 Å². The number of benzene rings is 2. The van der Waals surface area contributed by atoms with Crippen LogP contribution in [0.1, 0.15) is 70.6 Å². The fraction of sp³-hybridized carbons (Fsp3) is 0.481. The number of amides is 2. The van der Waals surface area contributed by atoms with E-state index in [1.165, 1.54) is 5.56 Å². The minimum Gasteiger partial charge on any atom is -0.354 e. The predicted molar refractivity (Wildman–Crippen MR) is 138 cm³/mol. The number of hydrogen-bond donors (Lipinski definition) is 1. The van der Waals surface area contributed by atoms with Crippen LogP contribution in [-0.2, 0) is 28.0 Å². The monoisotopic (exact) mass is 490 g/mol. The van der Waals surface area contributed by atoms with Gasteiger partial charge in [0.1, 0.15) is 6.04 Å². The van der Waals surface area contributed by atoms with E-state index in [2.05, 4.69) is 50.4 Å². The summed E-state index contributed by atoms with van der Waals surface area (Å²) in [6.45, 7) is 11.3. The largest absolute Gasteiger partial charge is 0.354 e. The summed E-state index contributed by atoms with van der Waals surface area (Å²) in [5.41, 5.74) is 3.22. The number of carbonyl (C=O) groups is 2. The van der Waals surface area contributed by atoms with Gasteiger partial charge in [-0.05, 0) is 53.5 Å². The van der Waals surface area contributed by atoms with Crippen molar-refractivity contribution >= 4 is 35.0 Å². The van der Waals surface area contributed by atoms with E-state index >= 15 is 0 Å². The standard InChI is InChI=1S/C27H36Cl2N2O2/c1-6-16-30-26(33)24(7-2)31(18-20-11-14-22(28)17-23(20)29)25(32)15-10-19-8-12-21(13-9-19)27(3,4)5/h8-9,11-14,17,24H,6-7,10,15-16,18H2,1-5H3,(H,30,33). The van der Waals surface area contributed by atoms with Gasteiger partial charge in [-0.15, -0.1) is 0 Å². The fourth-order valence-electron chi connectivity index (χ4n) is 3.69. The molecule has 180 valence electrons. The zero-order chi connectivity index (χ0) is 24.6. The van der Waals surface area contributed by atoms with E-state index in [0.717, 1.165) is 17.5 Å². The molecule has 1 unspecified atom stereocenters. The Hall–Kier alpha value is -2.04. The molecule has 33 heavy (non-hydrogen) atoms. The minimum absolute atomic E-state index is 0.0700. The predicted octanol–water partition coefficient (Wildman–Crippen LogP) is 6.56. The molecule has 2 aromatic rings. The van der Waals surface area contributed by atoms with Crippen LogP contribution in [0.5, 0.6) is 0 Å². The summed E-state index contributed by atoms with van der Waals surface area (Å²) in [6, 6.07) is 13.1. The highest BCUT2D eigenvalue weighted by Crippen LogP contribution is 2.25. The summed E-state index contributed by atoms with van der Waals surface area (Å²) in [5, 5.41) is 3.96. The van der Waals surface area contributed by atoms with E-state index in [4.69, 9.17) is 23.2 Å². The van der Waals surface area contributed by atoms with Crippen molar-refractivity contribution in [2.24, 2.45) is 0 Å². The van der Waals surface area contributed by atoms with Crippen LogP contribution in [0.4, 0.5) is 0 Å². The maximum atomic E-state index is 13.4. The maximum Gasteiger partial charge on any atom is 0.242 e. The summed E-state index contributed by atoms with van der Waals surface area (Å²) in [5.74, 6) is -0.202. The molecule has 4 nitrogen and oxygen atoms in total. The van der Waals surface area contributed by atoms with Crippen molar-refractivity contribution in [2.45, 2.75) is 78.3 Å². The van der Waals surface area contributed by atoms with E-state index in [1.807, 2.05) is 19.9 Å². The fourth-order valence-corrected chi connectivity index (χ4v) is 4.15. The average Bonchev–Trinajstić information content (AvgIpc) is 2.77. The molecule has 0 aliphatic rings. The lowest BCUT2D eigenvalue weighted by Gasteiger charge is -2.31. The molecule has 0 radical (unpaired) electrons. The summed E-state index contributed by atoms with van der Waals surface area (Å²) in [6.07, 6.45) is 2.29. The Balaban J connectivity index is 2.21. The van der Waals surface area contributed by atoms with Crippen LogP contribution in [0.3, 0.4) is 0 Å². The number of nitrogens with one attached hydrogen (secondary N) is 1. The van der Waals surface area contributed by atoms with Crippen molar-refractivity contribution in [1.82, 2.24) is 10.2 Å². The van der Waals surface area contributed by atoms with Gasteiger partial charge in [-0.25, -0.2) is 0 Å². The van der Waals surface area contributed by atoms with Crippen LogP contribution in [0.25, 0.3) is 0 Å². The molecule has 2 amide bonds. The SMILES string of the molecule is CCCNC(=O)C(CC)N(Cc1ccc(Cl)cc1Cl)C(=O)CCc1ccc(C(C)(C)C)cc1. The highest BCUT2D eigenvalue weighted by molar-refractivity contribution is 6.35. The van der Waals surface area contributed by atoms with Crippen LogP contribution >= 0.6 is 23.2 Å². The van der Waals surface area contributed by atoms with Gasteiger partial charge in [0.25, 0.3) is 0 Å². The van der Waals surface area contributed by atoms with Gasteiger partial charge in [0.05, 0.1) is 0 Å². The Morgan fingerprint density at radius 3 is 2.24 bits per heavy atom. The third-order valence-corrected chi connectivity index (χ3v) is 6.33. The number of halogens is 2. The first-order valence-corrected chi connectivity index (χ1v) is 12.4. The molecule has 1 atom stereocenters. The molecule has 0 saturated heterocycles. The number of hydrogen-bond acceptors (Lipinski definition) is 2. The molecule has 2 aromatic carbocycles. The topological polar surface area (TPSA) is 49.4 Å². The van der Waals surface area contributed by atoms with Gasteiger partial charge in [0, 0.05) is 29.6 Å². The van der Waals surface area contributed by atoms with Crippen molar-refractivity contribution in [3.05, 3.63) is 69.2 Å². The van der Waals surface area contributed by atoms with Crippen LogP contribution in [0.2, 0.25) is 10.0 Å². The molecular weight excluding hydrogens is 455 g/mol. The zero-order valence-electron chi connectivity index (χ0n) is 20.4. The molecule has 0 spiro atoms. The van der Waals surface area contributed by atoms with Crippen LogP contribution in [0, 0.1) is 0 Å². The van der Waals surface area contributed by atoms with Crippen molar-refractivity contribution in [3.8, 4) is 0 Å². The quantitative estimate of drug-likeness (QED) is 0.409. The highest BCUT2D eigenvalue weighted by atomic mass is 35.5. The maximum absolute atomic E-state index is 13.4. The third-order valence-electron chi connectivity index (χ3n) is 5.74. The minimum atomic E-state index is -0.556. The first kappa shape index (κ1) is 27.2. The molecule has 0 heterocycles. The van der Waals surface area contributed by atoms with Crippen molar-refractivity contribution in [2.75, 3.05) is 6.54 Å². The van der Waals surface area contributed by atoms with E-state index in [0.29, 0.717) is 35.9 Å². The molecule has 0 aromatic heterocycles. The Bertz CT molecular complexity index is 936. The van der Waals surface area contributed by atoms with Gasteiger partial charge in [0.15, 0.2) is 0 Å². The lowest BCUT2D eigenvalue weighted by atomic mass is 9.86. The average molecular weight is 492 g/mol. The number of carbonyl (C=O) groups excluding carboxylic acids is 2. The Morgan fingerprint density at radius 2 is 1.70 bits per heavy atom. The number of aryl methyl sites for hydroxylation is 1. The van der Waals surface area contributed by atoms with Gasteiger partial charge in [-0.2, -0.15) is 0 Å². The van der Waals surface area contributed by atoms with Gasteiger partial charge in [-0.3, -0.25) is 9.59 Å². The second kappa shape index (κ2) is 12.4. The highest BCUT2D eigenvalue weighted by Gasteiger charge is 2.28. The first-order chi connectivity index (χ1) is 15.6. The Kier molecular flexibility index (Phi) is 10.2. The van der Waals surface area contributed by atoms with Crippen molar-refractivity contribution in [1.29, 1.82) is 0 Å². The molecule has 0 saturated carbocycles. The smallest absolute Gasteiger partial charge is 0.242 e. The molecule has 0 bridgehead atoms. The summed E-state index contributed by atoms with van der Waals surface area (Å²) >= 11 is 12.4. The Labute approximate surface area is 208 Å². The number of nitrogens with zero attached hydrogens (tertiary/aromatic N) is 1. The van der Waals surface area contributed by atoms with Gasteiger partial charge < -0.3 is 10.2 Å². The molecule has 1 N–H and O–H groups in total. The normalized spacial score (nSPS) is 12.3. The van der Waals surface area contributed by atoms with E-state index in [1.54, 1.807) is 17.0 Å². The van der Waals surface area contributed by atoms with Crippen molar-refractivity contribution in [3.63, 3.8) is 0 Å². The summed E-state index contributed by atoms with van der Waals surface area (Å²) in [4.78, 5) is 27.9. The first-order valence-electron chi connectivity index (χ1n) is 11.7. The second-order valence-corrected chi connectivity index (χ2v) is 10.3. The lowest BCUT2D eigenvalue weighted by molar-refractivity contribution is -0.141. The molecule has 6 heteroatoms. The van der Waals surface area contributed by atoms with E-state index in [-0.39, 0.29) is 23.8 Å². The third kappa shape index (κ3) is 8.04. The summed E-state index contributed by atoms with van der Waals surface area (Å²) < 4.78 is 0. The number of rotatable bonds is 10. The van der Waals surface area contributed by atoms with Crippen molar-refractivity contribution < 1.29 is 9.59 Å². The summed E-state index contributed by atoms with van der Waals surface area (Å²) in [7, 11) is 0. The molecule has 0 aliphatic carbocycles. The van der Waals surface area contributed by atoms with Gasteiger partial charge in [0.2, 0.25) is 11.8 Å². The molecular formula is C27H36Cl2N2O2. The van der Waals surface area contributed by atoms with E-state index in [9.17, 15) is 9.59 Å². The molecule has 0 aliphatic heterocycles.